The van der Waals surface area contributed by atoms with Crippen LogP contribution in [0, 0.1) is 0 Å². The second-order valence-corrected chi connectivity index (χ2v) is 6.40. The Kier molecular flexibility index (Phi) is 4.36. The van der Waals surface area contributed by atoms with E-state index in [4.69, 9.17) is 11.6 Å². The SMILES string of the molecule is CNc1ccc(Cl)cc1C(=O)NC1CCN2CCCC2C1. The molecule has 2 aliphatic heterocycles. The van der Waals surface area contributed by atoms with E-state index in [1.54, 1.807) is 12.1 Å². The molecule has 2 saturated heterocycles. The normalized spacial score (nSPS) is 25.4. The lowest BCUT2D eigenvalue weighted by molar-refractivity contribution is 0.0897. The summed E-state index contributed by atoms with van der Waals surface area (Å²) in [6.07, 6.45) is 4.67. The quantitative estimate of drug-likeness (QED) is 0.902. The van der Waals surface area contributed by atoms with Crippen molar-refractivity contribution in [3.8, 4) is 0 Å². The minimum atomic E-state index is -0.0294. The molecule has 2 heterocycles. The van der Waals surface area contributed by atoms with Crippen LogP contribution in [-0.4, -0.2) is 43.0 Å². The van der Waals surface area contributed by atoms with E-state index in [1.165, 1.54) is 19.4 Å². The first-order valence-corrected chi connectivity index (χ1v) is 8.07. The Hall–Kier alpha value is -1.26. The van der Waals surface area contributed by atoms with E-state index in [-0.39, 0.29) is 11.9 Å². The molecular formula is C16H22ClN3O. The van der Waals surface area contributed by atoms with Crippen molar-refractivity contribution in [3.05, 3.63) is 28.8 Å². The number of anilines is 1. The van der Waals surface area contributed by atoms with Crippen molar-refractivity contribution in [2.24, 2.45) is 0 Å². The molecule has 1 aromatic carbocycles. The molecule has 1 amide bonds. The predicted molar refractivity (Wildman–Crippen MR) is 86.1 cm³/mol. The van der Waals surface area contributed by atoms with E-state index in [9.17, 15) is 4.79 Å². The topological polar surface area (TPSA) is 44.4 Å². The number of nitrogens with zero attached hydrogens (tertiary/aromatic N) is 1. The second kappa shape index (κ2) is 6.24. The minimum Gasteiger partial charge on any atom is -0.387 e. The Morgan fingerprint density at radius 2 is 2.19 bits per heavy atom. The Morgan fingerprint density at radius 1 is 1.33 bits per heavy atom. The molecule has 5 heteroatoms. The van der Waals surface area contributed by atoms with Crippen molar-refractivity contribution >= 4 is 23.2 Å². The van der Waals surface area contributed by atoms with E-state index < -0.39 is 0 Å². The Morgan fingerprint density at radius 3 is 3.00 bits per heavy atom. The number of halogens is 1. The van der Waals surface area contributed by atoms with Gasteiger partial charge in [-0.05, 0) is 50.4 Å². The highest BCUT2D eigenvalue weighted by molar-refractivity contribution is 6.31. The molecule has 0 radical (unpaired) electrons. The third-order valence-corrected chi connectivity index (χ3v) is 4.89. The smallest absolute Gasteiger partial charge is 0.253 e. The number of carbonyl (C=O) groups excluding carboxylic acids is 1. The summed E-state index contributed by atoms with van der Waals surface area (Å²) in [5.74, 6) is -0.0294. The molecule has 2 N–H and O–H groups in total. The number of carbonyl (C=O) groups is 1. The third-order valence-electron chi connectivity index (χ3n) is 4.65. The van der Waals surface area contributed by atoms with Gasteiger partial charge in [0, 0.05) is 36.4 Å². The molecule has 2 unspecified atom stereocenters. The van der Waals surface area contributed by atoms with E-state index in [1.807, 2.05) is 13.1 Å². The molecule has 0 saturated carbocycles. The summed E-state index contributed by atoms with van der Waals surface area (Å²) in [5.41, 5.74) is 1.44. The van der Waals surface area contributed by atoms with Crippen molar-refractivity contribution < 1.29 is 4.79 Å². The van der Waals surface area contributed by atoms with Crippen molar-refractivity contribution in [3.63, 3.8) is 0 Å². The number of benzene rings is 1. The van der Waals surface area contributed by atoms with Crippen molar-refractivity contribution in [1.82, 2.24) is 10.2 Å². The van der Waals surface area contributed by atoms with E-state index in [0.717, 1.165) is 25.1 Å². The van der Waals surface area contributed by atoms with Crippen LogP contribution in [0.15, 0.2) is 18.2 Å². The average molecular weight is 308 g/mol. The fraction of sp³-hybridized carbons (Fsp3) is 0.562. The lowest BCUT2D eigenvalue weighted by Gasteiger charge is -2.35. The van der Waals surface area contributed by atoms with Gasteiger partial charge in [-0.1, -0.05) is 11.6 Å². The van der Waals surface area contributed by atoms with Crippen LogP contribution in [0.1, 0.15) is 36.0 Å². The minimum absolute atomic E-state index is 0.0294. The number of rotatable bonds is 3. The van der Waals surface area contributed by atoms with Crippen LogP contribution in [0.3, 0.4) is 0 Å². The molecule has 0 spiro atoms. The maximum absolute atomic E-state index is 12.5. The summed E-state index contributed by atoms with van der Waals surface area (Å²) in [6, 6.07) is 6.30. The fourth-order valence-electron chi connectivity index (χ4n) is 3.54. The summed E-state index contributed by atoms with van der Waals surface area (Å²) < 4.78 is 0. The number of hydrogen-bond acceptors (Lipinski definition) is 3. The predicted octanol–water partition coefficient (Wildman–Crippen LogP) is 2.74. The van der Waals surface area contributed by atoms with Crippen molar-refractivity contribution in [1.29, 1.82) is 0 Å². The summed E-state index contributed by atoms with van der Waals surface area (Å²) in [6.45, 7) is 2.33. The van der Waals surface area contributed by atoms with Crippen molar-refractivity contribution in [2.45, 2.75) is 37.8 Å². The molecule has 0 bridgehead atoms. The molecule has 0 aliphatic carbocycles. The Labute approximate surface area is 130 Å². The molecule has 21 heavy (non-hydrogen) atoms. The number of nitrogens with one attached hydrogen (secondary N) is 2. The molecule has 0 aromatic heterocycles. The first-order chi connectivity index (χ1) is 10.2. The van der Waals surface area contributed by atoms with Crippen LogP contribution in [-0.2, 0) is 0 Å². The van der Waals surface area contributed by atoms with E-state index in [2.05, 4.69) is 15.5 Å². The van der Waals surface area contributed by atoms with Gasteiger partial charge in [-0.15, -0.1) is 0 Å². The van der Waals surface area contributed by atoms with E-state index in [0.29, 0.717) is 16.6 Å². The zero-order valence-corrected chi connectivity index (χ0v) is 13.1. The third kappa shape index (κ3) is 3.16. The maximum atomic E-state index is 12.5. The molecule has 4 nitrogen and oxygen atoms in total. The number of amides is 1. The van der Waals surface area contributed by atoms with Crippen LogP contribution >= 0.6 is 11.6 Å². The molecule has 2 atom stereocenters. The lowest BCUT2D eigenvalue weighted by atomic mass is 9.97. The summed E-state index contributed by atoms with van der Waals surface area (Å²) in [4.78, 5) is 15.1. The molecule has 2 aliphatic rings. The van der Waals surface area contributed by atoms with Crippen molar-refractivity contribution in [2.75, 3.05) is 25.5 Å². The van der Waals surface area contributed by atoms with Crippen LogP contribution in [0.4, 0.5) is 5.69 Å². The van der Waals surface area contributed by atoms with Gasteiger partial charge in [-0.2, -0.15) is 0 Å². The van der Waals surface area contributed by atoms with Gasteiger partial charge in [0.25, 0.3) is 5.91 Å². The molecule has 1 aromatic rings. The van der Waals surface area contributed by atoms with Gasteiger partial charge in [0.2, 0.25) is 0 Å². The summed E-state index contributed by atoms with van der Waals surface area (Å²) in [7, 11) is 1.82. The van der Waals surface area contributed by atoms with Gasteiger partial charge in [-0.25, -0.2) is 0 Å². The van der Waals surface area contributed by atoms with Crippen LogP contribution < -0.4 is 10.6 Å². The van der Waals surface area contributed by atoms with Gasteiger partial charge in [0.05, 0.1) is 5.56 Å². The van der Waals surface area contributed by atoms with Gasteiger partial charge in [-0.3, -0.25) is 4.79 Å². The highest BCUT2D eigenvalue weighted by Crippen LogP contribution is 2.27. The zero-order valence-electron chi connectivity index (χ0n) is 12.4. The van der Waals surface area contributed by atoms with Gasteiger partial charge >= 0.3 is 0 Å². The molecule has 2 fully saturated rings. The first kappa shape index (κ1) is 14.7. The van der Waals surface area contributed by atoms with E-state index >= 15 is 0 Å². The average Bonchev–Trinajstić information content (AvgIpc) is 2.94. The van der Waals surface area contributed by atoms with Gasteiger partial charge < -0.3 is 15.5 Å². The first-order valence-electron chi connectivity index (χ1n) is 7.69. The Balaban J connectivity index is 1.67. The standard InChI is InChI=1S/C16H22ClN3O/c1-18-15-5-4-11(17)9-14(15)16(21)19-12-6-8-20-7-2-3-13(20)10-12/h4-5,9,12-13,18H,2-3,6-8,10H2,1H3,(H,19,21). The zero-order chi connectivity index (χ0) is 14.8. The van der Waals surface area contributed by atoms with Crippen LogP contribution in [0.25, 0.3) is 0 Å². The molecule has 114 valence electrons. The Bertz CT molecular complexity index is 534. The number of fused-ring (bicyclic) bond motifs is 1. The monoisotopic (exact) mass is 307 g/mol. The molecule has 3 rings (SSSR count). The fourth-order valence-corrected chi connectivity index (χ4v) is 3.71. The summed E-state index contributed by atoms with van der Waals surface area (Å²) in [5, 5.41) is 6.82. The van der Waals surface area contributed by atoms with Crippen LogP contribution in [0.5, 0.6) is 0 Å². The summed E-state index contributed by atoms with van der Waals surface area (Å²) >= 11 is 6.02. The van der Waals surface area contributed by atoms with Gasteiger partial charge in [0.15, 0.2) is 0 Å². The number of hydrogen-bond donors (Lipinski definition) is 2. The highest BCUT2D eigenvalue weighted by Gasteiger charge is 2.32. The lowest BCUT2D eigenvalue weighted by Crippen LogP contribution is -2.47. The van der Waals surface area contributed by atoms with Crippen LogP contribution in [0.2, 0.25) is 5.02 Å². The van der Waals surface area contributed by atoms with Gasteiger partial charge in [0.1, 0.15) is 0 Å². The maximum Gasteiger partial charge on any atom is 0.253 e. The number of piperidine rings is 1. The highest BCUT2D eigenvalue weighted by atomic mass is 35.5. The molecular weight excluding hydrogens is 286 g/mol. The second-order valence-electron chi connectivity index (χ2n) is 5.97. The largest absolute Gasteiger partial charge is 0.387 e.